The zero-order chi connectivity index (χ0) is 11.8. The summed E-state index contributed by atoms with van der Waals surface area (Å²) in [5.74, 6) is 0. The van der Waals surface area contributed by atoms with Gasteiger partial charge in [0.15, 0.2) is 0 Å². The highest BCUT2D eigenvalue weighted by molar-refractivity contribution is 6.33. The fourth-order valence-electron chi connectivity index (χ4n) is 2.25. The molecule has 0 bridgehead atoms. The van der Waals surface area contributed by atoms with Gasteiger partial charge < -0.3 is 4.57 Å². The number of hydrogen-bond donors (Lipinski definition) is 0. The number of hydrogen-bond acceptors (Lipinski definition) is 3. The van der Waals surface area contributed by atoms with Gasteiger partial charge in [-0.1, -0.05) is 17.7 Å². The zero-order valence-electron chi connectivity index (χ0n) is 9.01. The van der Waals surface area contributed by atoms with Gasteiger partial charge in [0.2, 0.25) is 0 Å². The van der Waals surface area contributed by atoms with Gasteiger partial charge in [0.1, 0.15) is 23.4 Å². The van der Waals surface area contributed by atoms with Crippen molar-refractivity contribution in [2.24, 2.45) is 0 Å². The fraction of sp³-hybridized carbons (Fsp3) is 0.250. The molecule has 0 spiro atoms. The lowest BCUT2D eigenvalue weighted by Gasteiger charge is -2.10. The van der Waals surface area contributed by atoms with Gasteiger partial charge >= 0.3 is 0 Å². The molecule has 1 unspecified atom stereocenters. The maximum absolute atomic E-state index is 10.7. The fourth-order valence-corrected chi connectivity index (χ4v) is 2.44. The first-order valence-electron chi connectivity index (χ1n) is 5.42. The quantitative estimate of drug-likeness (QED) is 0.605. The van der Waals surface area contributed by atoms with Gasteiger partial charge in [-0.15, -0.1) is 0 Å². The van der Waals surface area contributed by atoms with Crippen molar-refractivity contribution in [3.63, 3.8) is 0 Å². The van der Waals surface area contributed by atoms with Crippen LogP contribution < -0.4 is 0 Å². The van der Waals surface area contributed by atoms with Gasteiger partial charge in [0.05, 0.1) is 11.4 Å². The van der Waals surface area contributed by atoms with E-state index in [0.717, 1.165) is 35.7 Å². The summed E-state index contributed by atoms with van der Waals surface area (Å²) in [5, 5.41) is 1.31. The Labute approximate surface area is 103 Å². The number of fused-ring (bicyclic) bond motifs is 1. The van der Waals surface area contributed by atoms with E-state index in [1.165, 1.54) is 6.33 Å². The molecule has 0 fully saturated rings. The summed E-state index contributed by atoms with van der Waals surface area (Å²) < 4.78 is 2.04. The van der Waals surface area contributed by atoms with E-state index in [2.05, 4.69) is 9.97 Å². The largest absolute Gasteiger partial charge is 0.325 e. The Hall–Kier alpha value is -1.68. The van der Waals surface area contributed by atoms with Crippen LogP contribution in [0, 0.1) is 0 Å². The molecule has 0 aromatic carbocycles. The van der Waals surface area contributed by atoms with Crippen LogP contribution in [-0.2, 0) is 4.79 Å². The van der Waals surface area contributed by atoms with Gasteiger partial charge in [-0.3, -0.25) is 4.79 Å². The molecule has 2 heterocycles. The number of halogens is 1. The van der Waals surface area contributed by atoms with Crippen LogP contribution in [0.5, 0.6) is 0 Å². The number of rotatable bonds is 2. The lowest BCUT2D eigenvalue weighted by molar-refractivity contribution is -0.105. The molecule has 0 N–H and O–H groups in total. The topological polar surface area (TPSA) is 47.8 Å². The average molecular weight is 248 g/mol. The third kappa shape index (κ3) is 1.65. The van der Waals surface area contributed by atoms with Crippen LogP contribution in [0.3, 0.4) is 0 Å². The minimum Gasteiger partial charge on any atom is -0.325 e. The van der Waals surface area contributed by atoms with E-state index in [9.17, 15) is 4.79 Å². The second-order valence-corrected chi connectivity index (χ2v) is 4.45. The monoisotopic (exact) mass is 247 g/mol. The Bertz CT molecular complexity index is 617. The van der Waals surface area contributed by atoms with Crippen LogP contribution >= 0.6 is 11.6 Å². The smallest absolute Gasteiger partial charge is 0.145 e. The molecule has 0 saturated carbocycles. The maximum atomic E-state index is 10.7. The predicted molar refractivity (Wildman–Crippen MR) is 65.0 cm³/mol. The first-order chi connectivity index (χ1) is 8.29. The van der Waals surface area contributed by atoms with E-state index >= 15 is 0 Å². The third-order valence-electron chi connectivity index (χ3n) is 3.10. The Balaban J connectivity index is 2.10. The number of allylic oxidation sites excluding steroid dienone is 2. The van der Waals surface area contributed by atoms with Crippen LogP contribution in [0.2, 0.25) is 5.15 Å². The minimum atomic E-state index is 0.193. The van der Waals surface area contributed by atoms with E-state index in [1.807, 2.05) is 22.9 Å². The second kappa shape index (κ2) is 3.96. The van der Waals surface area contributed by atoms with Crippen molar-refractivity contribution in [2.45, 2.75) is 18.9 Å². The molecule has 0 saturated heterocycles. The second-order valence-electron chi connectivity index (χ2n) is 4.09. The molecule has 86 valence electrons. The molecule has 17 heavy (non-hydrogen) atoms. The summed E-state index contributed by atoms with van der Waals surface area (Å²) in [6.07, 6.45) is 8.07. The maximum Gasteiger partial charge on any atom is 0.145 e. The predicted octanol–water partition coefficient (Wildman–Crippen LogP) is 2.54. The molecule has 1 aliphatic rings. The van der Waals surface area contributed by atoms with Crippen LogP contribution in [0.25, 0.3) is 11.0 Å². The number of carbonyl (C=O) groups excluding carboxylic acids is 1. The van der Waals surface area contributed by atoms with Gasteiger partial charge in [0.25, 0.3) is 0 Å². The molecular weight excluding hydrogens is 238 g/mol. The van der Waals surface area contributed by atoms with E-state index in [1.54, 1.807) is 0 Å². The van der Waals surface area contributed by atoms with E-state index in [4.69, 9.17) is 11.6 Å². The highest BCUT2D eigenvalue weighted by Crippen LogP contribution is 2.31. The molecule has 1 aliphatic carbocycles. The normalized spacial score (nSPS) is 19.6. The van der Waals surface area contributed by atoms with Crippen molar-refractivity contribution in [1.29, 1.82) is 0 Å². The standard InChI is InChI=1S/C12H10ClN3O/c13-11-10-3-4-16(12(10)15-7-14-11)9-2-1-8(5-9)6-17/h3-7,9H,1-2H2. The highest BCUT2D eigenvalue weighted by atomic mass is 35.5. The van der Waals surface area contributed by atoms with Crippen LogP contribution in [0.15, 0.2) is 30.2 Å². The number of nitrogens with zero attached hydrogens (tertiary/aromatic N) is 3. The van der Waals surface area contributed by atoms with Crippen LogP contribution in [0.1, 0.15) is 18.9 Å². The summed E-state index contributed by atoms with van der Waals surface area (Å²) in [6.45, 7) is 0. The Morgan fingerprint density at radius 1 is 1.47 bits per heavy atom. The van der Waals surface area contributed by atoms with Gasteiger partial charge in [-0.2, -0.15) is 0 Å². The van der Waals surface area contributed by atoms with E-state index in [0.29, 0.717) is 5.15 Å². The molecule has 0 amide bonds. The van der Waals surface area contributed by atoms with Crippen molar-refractivity contribution in [2.75, 3.05) is 0 Å². The highest BCUT2D eigenvalue weighted by Gasteiger charge is 2.19. The molecule has 5 heteroatoms. The van der Waals surface area contributed by atoms with E-state index in [-0.39, 0.29) is 6.04 Å². The summed E-state index contributed by atoms with van der Waals surface area (Å²) in [6, 6.07) is 2.10. The summed E-state index contributed by atoms with van der Waals surface area (Å²) in [4.78, 5) is 18.9. The van der Waals surface area contributed by atoms with Crippen molar-refractivity contribution < 1.29 is 4.79 Å². The zero-order valence-corrected chi connectivity index (χ0v) is 9.76. The molecule has 2 aromatic heterocycles. The molecular formula is C12H10ClN3O. The van der Waals surface area contributed by atoms with Crippen molar-refractivity contribution >= 4 is 28.9 Å². The molecule has 1 atom stereocenters. The third-order valence-corrected chi connectivity index (χ3v) is 3.41. The Kier molecular flexibility index (Phi) is 2.44. The summed E-state index contributed by atoms with van der Waals surface area (Å²) >= 11 is 6.00. The molecule has 2 aromatic rings. The minimum absolute atomic E-state index is 0.193. The van der Waals surface area contributed by atoms with Crippen molar-refractivity contribution in [3.05, 3.63) is 35.4 Å². The molecule has 4 nitrogen and oxygen atoms in total. The lowest BCUT2D eigenvalue weighted by atomic mass is 10.2. The summed E-state index contributed by atoms with van der Waals surface area (Å²) in [7, 11) is 0. The van der Waals surface area contributed by atoms with Crippen molar-refractivity contribution in [1.82, 2.24) is 14.5 Å². The number of aromatic nitrogens is 3. The average Bonchev–Trinajstić information content (AvgIpc) is 2.94. The first kappa shape index (κ1) is 10.5. The summed E-state index contributed by atoms with van der Waals surface area (Å²) in [5.41, 5.74) is 1.68. The Morgan fingerprint density at radius 2 is 2.35 bits per heavy atom. The van der Waals surface area contributed by atoms with Gasteiger partial charge in [0, 0.05) is 6.20 Å². The van der Waals surface area contributed by atoms with Crippen LogP contribution in [-0.4, -0.2) is 20.8 Å². The van der Waals surface area contributed by atoms with Gasteiger partial charge in [-0.05, 0) is 24.5 Å². The SMILES string of the molecule is O=CC1=CC(n2ccc3c(Cl)ncnc32)CC1. The van der Waals surface area contributed by atoms with Crippen LogP contribution in [0.4, 0.5) is 0 Å². The molecule has 3 rings (SSSR count). The lowest BCUT2D eigenvalue weighted by Crippen LogP contribution is -2.02. The first-order valence-corrected chi connectivity index (χ1v) is 5.80. The molecule has 0 radical (unpaired) electrons. The van der Waals surface area contributed by atoms with Crippen molar-refractivity contribution in [3.8, 4) is 0 Å². The number of aldehydes is 1. The van der Waals surface area contributed by atoms with Gasteiger partial charge in [-0.25, -0.2) is 9.97 Å². The van der Waals surface area contributed by atoms with E-state index < -0.39 is 0 Å². The Morgan fingerprint density at radius 3 is 3.12 bits per heavy atom. The number of carbonyl (C=O) groups is 1. The molecule has 0 aliphatic heterocycles.